The van der Waals surface area contributed by atoms with Gasteiger partial charge in [-0.2, -0.15) is 0 Å². The van der Waals surface area contributed by atoms with Crippen molar-refractivity contribution < 1.29 is 14.3 Å². The number of ether oxygens (including phenoxy) is 1. The van der Waals surface area contributed by atoms with E-state index in [2.05, 4.69) is 10.3 Å². The van der Waals surface area contributed by atoms with Gasteiger partial charge < -0.3 is 15.0 Å². The molecule has 20 heavy (non-hydrogen) atoms. The first kappa shape index (κ1) is 14.9. The van der Waals surface area contributed by atoms with Gasteiger partial charge in [-0.1, -0.05) is 0 Å². The number of nitrogens with one attached hydrogen (secondary N) is 1. The van der Waals surface area contributed by atoms with Gasteiger partial charge in [0, 0.05) is 19.6 Å². The van der Waals surface area contributed by atoms with Crippen molar-refractivity contribution in [1.29, 1.82) is 0 Å². The lowest BCUT2D eigenvalue weighted by Gasteiger charge is -2.34. The van der Waals surface area contributed by atoms with Crippen LogP contribution in [0.3, 0.4) is 0 Å². The summed E-state index contributed by atoms with van der Waals surface area (Å²) in [6.07, 6.45) is 0. The Balaban J connectivity index is 2.21. The minimum atomic E-state index is -0.557. The van der Waals surface area contributed by atoms with Crippen LogP contribution < -0.4 is 5.32 Å². The fraction of sp³-hybridized carbons (Fsp3) is 0.615. The maximum Gasteiger partial charge on any atom is 0.330 e. The quantitative estimate of drug-likeness (QED) is 0.833. The number of hydrogen-bond donors (Lipinski definition) is 1. The number of thiazole rings is 1. The summed E-state index contributed by atoms with van der Waals surface area (Å²) < 4.78 is 5.05. The molecule has 1 unspecified atom stereocenters. The maximum atomic E-state index is 12.6. The van der Waals surface area contributed by atoms with Gasteiger partial charge in [0.25, 0.3) is 5.91 Å². The zero-order valence-corrected chi connectivity index (χ0v) is 12.7. The normalized spacial score (nSPS) is 18.9. The Bertz CT molecular complexity index is 515. The van der Waals surface area contributed by atoms with E-state index in [9.17, 15) is 9.59 Å². The third kappa shape index (κ3) is 2.99. The van der Waals surface area contributed by atoms with E-state index in [1.54, 1.807) is 11.8 Å². The molecule has 1 amide bonds. The van der Waals surface area contributed by atoms with E-state index in [0.717, 1.165) is 10.7 Å². The molecule has 1 aromatic rings. The Labute approximate surface area is 122 Å². The van der Waals surface area contributed by atoms with Crippen LogP contribution in [-0.4, -0.2) is 54.0 Å². The van der Waals surface area contributed by atoms with Crippen LogP contribution in [0.25, 0.3) is 0 Å². The smallest absolute Gasteiger partial charge is 0.330 e. The Hall–Kier alpha value is -1.47. The SMILES string of the molecule is CCOC(=O)C1CNCCN1C(=O)c1sc(C)nc1C. The number of hydrogen-bond acceptors (Lipinski definition) is 6. The highest BCUT2D eigenvalue weighted by atomic mass is 32.1. The Morgan fingerprint density at radius 3 is 2.85 bits per heavy atom. The molecule has 0 aliphatic carbocycles. The van der Waals surface area contributed by atoms with Crippen molar-refractivity contribution in [3.05, 3.63) is 15.6 Å². The molecule has 7 heteroatoms. The van der Waals surface area contributed by atoms with Crippen molar-refractivity contribution in [3.63, 3.8) is 0 Å². The highest BCUT2D eigenvalue weighted by Gasteiger charge is 2.34. The van der Waals surface area contributed by atoms with Gasteiger partial charge in [0.2, 0.25) is 0 Å². The van der Waals surface area contributed by atoms with Crippen molar-refractivity contribution >= 4 is 23.2 Å². The van der Waals surface area contributed by atoms with Gasteiger partial charge >= 0.3 is 5.97 Å². The molecule has 1 atom stereocenters. The average molecular weight is 297 g/mol. The van der Waals surface area contributed by atoms with Gasteiger partial charge in [-0.25, -0.2) is 9.78 Å². The standard InChI is InChI=1S/C13H19N3O3S/c1-4-19-13(18)10-7-14-5-6-16(10)12(17)11-8(2)15-9(3)20-11/h10,14H,4-7H2,1-3H3. The Morgan fingerprint density at radius 1 is 1.50 bits per heavy atom. The minimum Gasteiger partial charge on any atom is -0.464 e. The second-order valence-corrected chi connectivity index (χ2v) is 5.82. The molecule has 1 N–H and O–H groups in total. The summed E-state index contributed by atoms with van der Waals surface area (Å²) in [6.45, 7) is 7.37. The van der Waals surface area contributed by atoms with Crippen LogP contribution in [0.5, 0.6) is 0 Å². The Kier molecular flexibility index (Phi) is 4.72. The van der Waals surface area contributed by atoms with Crippen molar-refractivity contribution in [2.75, 3.05) is 26.2 Å². The molecule has 1 aliphatic heterocycles. The fourth-order valence-electron chi connectivity index (χ4n) is 2.26. The first-order chi connectivity index (χ1) is 9.54. The van der Waals surface area contributed by atoms with Crippen LogP contribution in [0.2, 0.25) is 0 Å². The molecule has 1 saturated heterocycles. The number of aromatic nitrogens is 1. The number of esters is 1. The maximum absolute atomic E-state index is 12.6. The predicted molar refractivity (Wildman–Crippen MR) is 75.9 cm³/mol. The molecule has 2 rings (SSSR count). The summed E-state index contributed by atoms with van der Waals surface area (Å²) in [5.41, 5.74) is 0.721. The predicted octanol–water partition coefficient (Wildman–Crippen LogP) is 0.737. The third-order valence-corrected chi connectivity index (χ3v) is 4.22. The number of aryl methyl sites for hydroxylation is 2. The summed E-state index contributed by atoms with van der Waals surface area (Å²) in [7, 11) is 0. The third-order valence-electron chi connectivity index (χ3n) is 3.16. The number of carbonyl (C=O) groups excluding carboxylic acids is 2. The molecular weight excluding hydrogens is 278 g/mol. The molecular formula is C13H19N3O3S. The zero-order valence-electron chi connectivity index (χ0n) is 11.9. The largest absolute Gasteiger partial charge is 0.464 e. The molecule has 0 aromatic carbocycles. The van der Waals surface area contributed by atoms with E-state index >= 15 is 0 Å². The van der Waals surface area contributed by atoms with Gasteiger partial charge in [-0.05, 0) is 20.8 Å². The van der Waals surface area contributed by atoms with Crippen LogP contribution in [0.4, 0.5) is 0 Å². The first-order valence-electron chi connectivity index (χ1n) is 6.67. The lowest BCUT2D eigenvalue weighted by Crippen LogP contribution is -2.57. The van der Waals surface area contributed by atoms with Crippen molar-refractivity contribution in [1.82, 2.24) is 15.2 Å². The van der Waals surface area contributed by atoms with Gasteiger partial charge in [0.15, 0.2) is 0 Å². The first-order valence-corrected chi connectivity index (χ1v) is 7.48. The lowest BCUT2D eigenvalue weighted by atomic mass is 10.1. The van der Waals surface area contributed by atoms with Gasteiger partial charge in [0.1, 0.15) is 10.9 Å². The second kappa shape index (κ2) is 6.32. The van der Waals surface area contributed by atoms with Crippen molar-refractivity contribution in [2.45, 2.75) is 26.8 Å². The van der Waals surface area contributed by atoms with Crippen molar-refractivity contribution in [2.24, 2.45) is 0 Å². The van der Waals surface area contributed by atoms with E-state index in [-0.39, 0.29) is 11.9 Å². The molecule has 0 bridgehead atoms. The Morgan fingerprint density at radius 2 is 2.25 bits per heavy atom. The average Bonchev–Trinajstić information content (AvgIpc) is 2.77. The van der Waals surface area contributed by atoms with E-state index in [0.29, 0.717) is 31.1 Å². The number of nitrogens with zero attached hydrogens (tertiary/aromatic N) is 2. The second-order valence-electron chi connectivity index (χ2n) is 4.62. The van der Waals surface area contributed by atoms with E-state index in [1.165, 1.54) is 11.3 Å². The summed E-state index contributed by atoms with van der Waals surface area (Å²) in [4.78, 5) is 31.1. The minimum absolute atomic E-state index is 0.132. The monoisotopic (exact) mass is 297 g/mol. The topological polar surface area (TPSA) is 71.5 Å². The molecule has 0 saturated carbocycles. The van der Waals surface area contributed by atoms with Crippen LogP contribution in [0.1, 0.15) is 27.3 Å². The van der Waals surface area contributed by atoms with Crippen LogP contribution >= 0.6 is 11.3 Å². The summed E-state index contributed by atoms with van der Waals surface area (Å²) in [5.74, 6) is -0.486. The number of rotatable bonds is 3. The molecule has 2 heterocycles. The molecule has 1 aromatic heterocycles. The van der Waals surface area contributed by atoms with Crippen molar-refractivity contribution in [3.8, 4) is 0 Å². The molecule has 0 radical (unpaired) electrons. The molecule has 1 fully saturated rings. The molecule has 6 nitrogen and oxygen atoms in total. The fourth-order valence-corrected chi connectivity index (χ4v) is 3.13. The summed E-state index contributed by atoms with van der Waals surface area (Å²) in [5, 5.41) is 3.98. The molecule has 0 spiro atoms. The zero-order chi connectivity index (χ0) is 14.7. The van der Waals surface area contributed by atoms with Gasteiger partial charge in [-0.15, -0.1) is 11.3 Å². The number of piperazine rings is 1. The summed E-state index contributed by atoms with van der Waals surface area (Å²) in [6, 6.07) is -0.557. The van der Waals surface area contributed by atoms with E-state index in [1.807, 2.05) is 13.8 Å². The number of amides is 1. The van der Waals surface area contributed by atoms with Gasteiger partial charge in [0.05, 0.1) is 17.3 Å². The molecule has 1 aliphatic rings. The lowest BCUT2D eigenvalue weighted by molar-refractivity contribution is -0.149. The van der Waals surface area contributed by atoms with E-state index < -0.39 is 6.04 Å². The van der Waals surface area contributed by atoms with Gasteiger partial charge in [-0.3, -0.25) is 4.79 Å². The summed E-state index contributed by atoms with van der Waals surface area (Å²) >= 11 is 1.37. The van der Waals surface area contributed by atoms with E-state index in [4.69, 9.17) is 4.74 Å². The van der Waals surface area contributed by atoms with Crippen LogP contribution in [0.15, 0.2) is 0 Å². The highest BCUT2D eigenvalue weighted by Crippen LogP contribution is 2.21. The highest BCUT2D eigenvalue weighted by molar-refractivity contribution is 7.13. The van der Waals surface area contributed by atoms with Crippen LogP contribution in [0, 0.1) is 13.8 Å². The molecule has 110 valence electrons. The number of carbonyl (C=O) groups is 2. The van der Waals surface area contributed by atoms with Crippen LogP contribution in [-0.2, 0) is 9.53 Å².